The average molecular weight is 499 g/mol. The zero-order valence-electron chi connectivity index (χ0n) is 19.3. The van der Waals surface area contributed by atoms with Crippen LogP contribution in [0.15, 0.2) is 78.4 Å². The van der Waals surface area contributed by atoms with Crippen molar-refractivity contribution in [1.82, 2.24) is 19.6 Å². The first-order chi connectivity index (χ1) is 17.6. The number of imidazole rings is 1. The summed E-state index contributed by atoms with van der Waals surface area (Å²) < 4.78 is 15.2. The Kier molecular flexibility index (Phi) is 5.90. The van der Waals surface area contributed by atoms with Crippen LogP contribution in [0, 0.1) is 11.7 Å². The number of rotatable bonds is 5. The van der Waals surface area contributed by atoms with Crippen LogP contribution in [0.25, 0.3) is 27.5 Å². The standard InChI is InChI=1S/C27H23FN6OS/c28-21-7-3-18(4-8-21)23-11-12-25(32-31-23)33-13-1-2-20(16-33)26(35)29-22-9-5-19(6-10-22)24-17-34-14-15-36-27(34)30-24/h3-12,14-15,17,20H,1-2,13,16H2,(H,29,35). The van der Waals surface area contributed by atoms with Gasteiger partial charge in [-0.2, -0.15) is 0 Å². The SMILES string of the molecule is O=C(Nc1ccc(-c2cn3ccsc3n2)cc1)C1CCCN(c2ccc(-c3ccc(F)cc3)nn2)C1. The monoisotopic (exact) mass is 498 g/mol. The summed E-state index contributed by atoms with van der Waals surface area (Å²) in [7, 11) is 0. The third kappa shape index (κ3) is 4.57. The molecule has 180 valence electrons. The van der Waals surface area contributed by atoms with Gasteiger partial charge in [-0.15, -0.1) is 21.5 Å². The van der Waals surface area contributed by atoms with Crippen molar-refractivity contribution in [3.63, 3.8) is 0 Å². The van der Waals surface area contributed by atoms with Crippen molar-refractivity contribution in [2.45, 2.75) is 12.8 Å². The van der Waals surface area contributed by atoms with E-state index in [2.05, 4.69) is 25.4 Å². The van der Waals surface area contributed by atoms with E-state index < -0.39 is 0 Å². The number of hydrogen-bond acceptors (Lipinski definition) is 6. The second-order valence-corrected chi connectivity index (χ2v) is 9.73. The van der Waals surface area contributed by atoms with E-state index in [1.165, 1.54) is 12.1 Å². The van der Waals surface area contributed by atoms with Gasteiger partial charge in [-0.3, -0.25) is 9.20 Å². The summed E-state index contributed by atoms with van der Waals surface area (Å²) in [6, 6.07) is 17.8. The molecule has 4 heterocycles. The van der Waals surface area contributed by atoms with Gasteiger partial charge in [0.1, 0.15) is 5.82 Å². The normalized spacial score (nSPS) is 15.8. The number of hydrogen-bond donors (Lipinski definition) is 1. The summed E-state index contributed by atoms with van der Waals surface area (Å²) in [5.41, 5.74) is 4.18. The number of anilines is 2. The Labute approximate surface area is 211 Å². The second-order valence-electron chi connectivity index (χ2n) is 8.85. The van der Waals surface area contributed by atoms with Crippen molar-refractivity contribution in [3.05, 3.63) is 84.3 Å². The first-order valence-corrected chi connectivity index (χ1v) is 12.7. The van der Waals surface area contributed by atoms with Crippen LogP contribution < -0.4 is 10.2 Å². The molecule has 0 aliphatic carbocycles. The number of piperidine rings is 1. The molecule has 0 saturated carbocycles. The lowest BCUT2D eigenvalue weighted by atomic mass is 9.97. The number of nitrogens with zero attached hydrogens (tertiary/aromatic N) is 5. The van der Waals surface area contributed by atoms with Gasteiger partial charge in [0.05, 0.1) is 17.3 Å². The highest BCUT2D eigenvalue weighted by Crippen LogP contribution is 2.26. The fourth-order valence-corrected chi connectivity index (χ4v) is 5.20. The molecule has 1 fully saturated rings. The van der Waals surface area contributed by atoms with Crippen molar-refractivity contribution in [2.75, 3.05) is 23.3 Å². The summed E-state index contributed by atoms with van der Waals surface area (Å²) in [4.78, 5) is 20.7. The quantitative estimate of drug-likeness (QED) is 0.346. The Morgan fingerprint density at radius 3 is 2.50 bits per heavy atom. The third-order valence-electron chi connectivity index (χ3n) is 6.45. The molecule has 0 spiro atoms. The summed E-state index contributed by atoms with van der Waals surface area (Å²) in [6.07, 6.45) is 5.72. The van der Waals surface area contributed by atoms with Crippen LogP contribution in [0.4, 0.5) is 15.9 Å². The summed E-state index contributed by atoms with van der Waals surface area (Å²) in [5, 5.41) is 13.8. The van der Waals surface area contributed by atoms with Crippen LogP contribution in [-0.2, 0) is 4.79 Å². The molecule has 1 N–H and O–H groups in total. The highest BCUT2D eigenvalue weighted by atomic mass is 32.1. The maximum absolute atomic E-state index is 13.2. The number of carbonyl (C=O) groups excluding carboxylic acids is 1. The maximum Gasteiger partial charge on any atom is 0.229 e. The Morgan fingerprint density at radius 1 is 0.972 bits per heavy atom. The molecule has 1 aliphatic rings. The minimum Gasteiger partial charge on any atom is -0.354 e. The van der Waals surface area contributed by atoms with Gasteiger partial charge < -0.3 is 10.2 Å². The van der Waals surface area contributed by atoms with E-state index in [9.17, 15) is 9.18 Å². The predicted molar refractivity (Wildman–Crippen MR) is 139 cm³/mol. The summed E-state index contributed by atoms with van der Waals surface area (Å²) >= 11 is 1.60. The molecule has 1 saturated heterocycles. The molecule has 1 amide bonds. The van der Waals surface area contributed by atoms with E-state index in [4.69, 9.17) is 0 Å². The van der Waals surface area contributed by atoms with Crippen molar-refractivity contribution < 1.29 is 9.18 Å². The van der Waals surface area contributed by atoms with Crippen molar-refractivity contribution >= 4 is 33.7 Å². The number of carbonyl (C=O) groups is 1. The third-order valence-corrected chi connectivity index (χ3v) is 7.22. The Hall–Kier alpha value is -4.11. The number of benzene rings is 2. The van der Waals surface area contributed by atoms with E-state index in [0.29, 0.717) is 12.2 Å². The first-order valence-electron chi connectivity index (χ1n) is 11.8. The average Bonchev–Trinajstić information content (AvgIpc) is 3.53. The number of aromatic nitrogens is 4. The van der Waals surface area contributed by atoms with Gasteiger partial charge >= 0.3 is 0 Å². The van der Waals surface area contributed by atoms with Crippen molar-refractivity contribution in [2.24, 2.45) is 5.92 Å². The van der Waals surface area contributed by atoms with Gasteiger partial charge in [-0.1, -0.05) is 12.1 Å². The van der Waals surface area contributed by atoms with Crippen molar-refractivity contribution in [3.8, 4) is 22.5 Å². The molecule has 0 bridgehead atoms. The number of nitrogens with one attached hydrogen (secondary N) is 1. The zero-order chi connectivity index (χ0) is 24.5. The molecule has 1 aliphatic heterocycles. The van der Waals surface area contributed by atoms with Crippen LogP contribution >= 0.6 is 11.3 Å². The smallest absolute Gasteiger partial charge is 0.229 e. The molecule has 2 aromatic carbocycles. The molecule has 1 unspecified atom stereocenters. The van der Waals surface area contributed by atoms with Gasteiger partial charge in [0.2, 0.25) is 5.91 Å². The van der Waals surface area contributed by atoms with E-state index in [-0.39, 0.29) is 17.6 Å². The zero-order valence-corrected chi connectivity index (χ0v) is 20.2. The maximum atomic E-state index is 13.2. The lowest BCUT2D eigenvalue weighted by Crippen LogP contribution is -2.41. The van der Waals surface area contributed by atoms with Crippen LogP contribution in [0.1, 0.15) is 12.8 Å². The number of thiazole rings is 1. The minimum atomic E-state index is -0.283. The minimum absolute atomic E-state index is 0.00541. The largest absolute Gasteiger partial charge is 0.354 e. The second kappa shape index (κ2) is 9.50. The highest BCUT2D eigenvalue weighted by molar-refractivity contribution is 7.15. The van der Waals surface area contributed by atoms with E-state index in [1.807, 2.05) is 58.6 Å². The van der Waals surface area contributed by atoms with E-state index >= 15 is 0 Å². The molecule has 36 heavy (non-hydrogen) atoms. The van der Waals surface area contributed by atoms with Gasteiger partial charge in [0.25, 0.3) is 0 Å². The van der Waals surface area contributed by atoms with Crippen LogP contribution in [0.3, 0.4) is 0 Å². The van der Waals surface area contributed by atoms with Gasteiger partial charge in [0.15, 0.2) is 10.8 Å². The Morgan fingerprint density at radius 2 is 1.75 bits per heavy atom. The number of amides is 1. The molecule has 3 aromatic heterocycles. The first kappa shape index (κ1) is 22.4. The fraction of sp³-hybridized carbons (Fsp3) is 0.185. The van der Waals surface area contributed by atoms with Crippen LogP contribution in [0.2, 0.25) is 0 Å². The lowest BCUT2D eigenvalue weighted by Gasteiger charge is -2.32. The van der Waals surface area contributed by atoms with Crippen LogP contribution in [0.5, 0.6) is 0 Å². The number of fused-ring (bicyclic) bond motifs is 1. The molecule has 5 aromatic rings. The molecular weight excluding hydrogens is 475 g/mol. The van der Waals surface area contributed by atoms with E-state index in [0.717, 1.165) is 52.7 Å². The molecule has 7 nitrogen and oxygen atoms in total. The molecule has 1 atom stereocenters. The number of halogens is 1. The molecule has 0 radical (unpaired) electrons. The van der Waals surface area contributed by atoms with Gasteiger partial charge in [-0.05, 0) is 61.4 Å². The molecule has 6 rings (SSSR count). The Balaban J connectivity index is 1.09. The highest BCUT2D eigenvalue weighted by Gasteiger charge is 2.27. The molecule has 9 heteroatoms. The molecular formula is C27H23FN6OS. The fourth-order valence-electron chi connectivity index (χ4n) is 4.50. The van der Waals surface area contributed by atoms with Crippen molar-refractivity contribution in [1.29, 1.82) is 0 Å². The van der Waals surface area contributed by atoms with Gasteiger partial charge in [0, 0.05) is 47.7 Å². The Bertz CT molecular complexity index is 1470. The van der Waals surface area contributed by atoms with E-state index in [1.54, 1.807) is 23.5 Å². The summed E-state index contributed by atoms with van der Waals surface area (Å²) in [6.45, 7) is 1.41. The van der Waals surface area contributed by atoms with Gasteiger partial charge in [-0.25, -0.2) is 9.37 Å². The predicted octanol–water partition coefficient (Wildman–Crippen LogP) is 5.51. The topological polar surface area (TPSA) is 75.4 Å². The van der Waals surface area contributed by atoms with Crippen LogP contribution in [-0.4, -0.2) is 38.6 Å². The lowest BCUT2D eigenvalue weighted by molar-refractivity contribution is -0.120. The summed E-state index contributed by atoms with van der Waals surface area (Å²) in [5.74, 6) is 0.320.